The van der Waals surface area contributed by atoms with Crippen LogP contribution in [0, 0.1) is 10.1 Å². The van der Waals surface area contributed by atoms with E-state index in [0.29, 0.717) is 23.0 Å². The molecular weight excluding hydrogens is 268 g/mol. The number of nitrogen functional groups attached to an aromatic ring is 1. The Morgan fingerprint density at radius 1 is 1.24 bits per heavy atom. The zero-order valence-corrected chi connectivity index (χ0v) is 11.7. The quantitative estimate of drug-likeness (QED) is 0.690. The largest absolute Gasteiger partial charge is 0.396 e. The fraction of sp³-hybridized carbons (Fsp3) is 0.400. The van der Waals surface area contributed by atoms with E-state index >= 15 is 0 Å². The molecule has 6 heteroatoms. The maximum absolute atomic E-state index is 11.1. The van der Waals surface area contributed by atoms with Crippen LogP contribution in [-0.4, -0.2) is 14.7 Å². The van der Waals surface area contributed by atoms with Crippen LogP contribution >= 0.6 is 0 Å². The van der Waals surface area contributed by atoms with E-state index in [1.54, 1.807) is 18.2 Å². The Morgan fingerprint density at radius 2 is 1.95 bits per heavy atom. The SMILES string of the molecule is Nc1cn(C2CCCCC2)nc1-c1ccccc1[N+](=O)[O-]. The van der Waals surface area contributed by atoms with Gasteiger partial charge in [0.2, 0.25) is 0 Å². The van der Waals surface area contributed by atoms with Crippen molar-refractivity contribution in [3.8, 4) is 11.3 Å². The Kier molecular flexibility index (Phi) is 3.60. The molecule has 1 saturated carbocycles. The van der Waals surface area contributed by atoms with Crippen LogP contribution in [0.4, 0.5) is 11.4 Å². The molecule has 0 aliphatic heterocycles. The van der Waals surface area contributed by atoms with Crippen LogP contribution < -0.4 is 5.73 Å². The number of nitrogens with zero attached hydrogens (tertiary/aromatic N) is 3. The molecule has 110 valence electrons. The van der Waals surface area contributed by atoms with Crippen LogP contribution in [0.15, 0.2) is 30.5 Å². The highest BCUT2D eigenvalue weighted by atomic mass is 16.6. The van der Waals surface area contributed by atoms with Gasteiger partial charge in [0, 0.05) is 12.3 Å². The van der Waals surface area contributed by atoms with Gasteiger partial charge in [0.15, 0.2) is 0 Å². The van der Waals surface area contributed by atoms with Crippen molar-refractivity contribution in [2.45, 2.75) is 38.1 Å². The molecule has 1 aromatic heterocycles. The molecule has 1 fully saturated rings. The first kappa shape index (κ1) is 13.6. The molecule has 1 heterocycles. The van der Waals surface area contributed by atoms with E-state index in [9.17, 15) is 10.1 Å². The van der Waals surface area contributed by atoms with Crippen molar-refractivity contribution in [3.05, 3.63) is 40.6 Å². The third-order valence-electron chi connectivity index (χ3n) is 4.06. The first-order chi connectivity index (χ1) is 10.2. The van der Waals surface area contributed by atoms with E-state index in [1.165, 1.54) is 25.3 Å². The minimum absolute atomic E-state index is 0.0399. The van der Waals surface area contributed by atoms with Gasteiger partial charge in [-0.25, -0.2) is 0 Å². The maximum atomic E-state index is 11.1. The lowest BCUT2D eigenvalue weighted by Gasteiger charge is -2.21. The van der Waals surface area contributed by atoms with E-state index < -0.39 is 4.92 Å². The molecular formula is C15H18N4O2. The molecule has 0 atom stereocenters. The minimum Gasteiger partial charge on any atom is -0.396 e. The second-order valence-electron chi connectivity index (χ2n) is 5.48. The number of nitro benzene ring substituents is 1. The van der Waals surface area contributed by atoms with Crippen molar-refractivity contribution in [1.82, 2.24) is 9.78 Å². The van der Waals surface area contributed by atoms with Gasteiger partial charge < -0.3 is 5.73 Å². The van der Waals surface area contributed by atoms with Crippen LogP contribution in [0.2, 0.25) is 0 Å². The number of anilines is 1. The van der Waals surface area contributed by atoms with Crippen molar-refractivity contribution >= 4 is 11.4 Å². The summed E-state index contributed by atoms with van der Waals surface area (Å²) in [5, 5.41) is 15.7. The topological polar surface area (TPSA) is 87.0 Å². The summed E-state index contributed by atoms with van der Waals surface area (Å²) in [6, 6.07) is 6.95. The number of benzene rings is 1. The summed E-state index contributed by atoms with van der Waals surface area (Å²) in [7, 11) is 0. The molecule has 2 N–H and O–H groups in total. The first-order valence-corrected chi connectivity index (χ1v) is 7.25. The van der Waals surface area contributed by atoms with Gasteiger partial charge in [-0.1, -0.05) is 31.4 Å². The summed E-state index contributed by atoms with van der Waals surface area (Å²) >= 11 is 0. The van der Waals surface area contributed by atoms with Gasteiger partial charge in [0.1, 0.15) is 5.69 Å². The zero-order valence-electron chi connectivity index (χ0n) is 11.7. The summed E-state index contributed by atoms with van der Waals surface area (Å²) < 4.78 is 1.89. The molecule has 3 rings (SSSR count). The van der Waals surface area contributed by atoms with Crippen LogP contribution in [-0.2, 0) is 0 Å². The van der Waals surface area contributed by atoms with E-state index in [4.69, 9.17) is 5.73 Å². The Balaban J connectivity index is 2.00. The molecule has 1 aliphatic rings. The third-order valence-corrected chi connectivity index (χ3v) is 4.06. The lowest BCUT2D eigenvalue weighted by molar-refractivity contribution is -0.384. The molecule has 0 bridgehead atoms. The molecule has 2 aromatic rings. The van der Waals surface area contributed by atoms with E-state index in [0.717, 1.165) is 12.8 Å². The van der Waals surface area contributed by atoms with E-state index in [2.05, 4.69) is 5.10 Å². The van der Waals surface area contributed by atoms with Gasteiger partial charge in [0.25, 0.3) is 5.69 Å². The number of hydrogen-bond acceptors (Lipinski definition) is 4. The van der Waals surface area contributed by atoms with Crippen molar-refractivity contribution in [2.24, 2.45) is 0 Å². The second-order valence-corrected chi connectivity index (χ2v) is 5.48. The smallest absolute Gasteiger partial charge is 0.278 e. The zero-order chi connectivity index (χ0) is 14.8. The monoisotopic (exact) mass is 286 g/mol. The summed E-state index contributed by atoms with van der Waals surface area (Å²) in [5.41, 5.74) is 7.57. The van der Waals surface area contributed by atoms with Gasteiger partial charge >= 0.3 is 0 Å². The standard InChI is InChI=1S/C15H18N4O2/c16-13-10-18(11-6-2-1-3-7-11)17-15(13)12-8-4-5-9-14(12)19(20)21/h4-5,8-11H,1-3,6-7,16H2. The Hall–Kier alpha value is -2.37. The number of para-hydroxylation sites is 1. The molecule has 0 spiro atoms. The number of rotatable bonds is 3. The average Bonchev–Trinajstić information content (AvgIpc) is 2.90. The molecule has 6 nitrogen and oxygen atoms in total. The highest BCUT2D eigenvalue weighted by Gasteiger charge is 2.22. The number of hydrogen-bond donors (Lipinski definition) is 1. The predicted octanol–water partition coefficient (Wildman–Crippen LogP) is 3.55. The highest BCUT2D eigenvalue weighted by molar-refractivity contribution is 5.78. The number of nitrogens with two attached hydrogens (primary N) is 1. The summed E-state index contributed by atoms with van der Waals surface area (Å²) in [6.07, 6.45) is 7.66. The van der Waals surface area contributed by atoms with Gasteiger partial charge in [-0.3, -0.25) is 14.8 Å². The first-order valence-electron chi connectivity index (χ1n) is 7.25. The molecule has 0 radical (unpaired) electrons. The van der Waals surface area contributed by atoms with Gasteiger partial charge in [-0.05, 0) is 18.9 Å². The molecule has 1 aromatic carbocycles. The summed E-state index contributed by atoms with van der Waals surface area (Å²) in [5.74, 6) is 0. The molecule has 0 unspecified atom stereocenters. The van der Waals surface area contributed by atoms with Crippen LogP contribution in [0.3, 0.4) is 0 Å². The lowest BCUT2D eigenvalue weighted by atomic mass is 9.96. The van der Waals surface area contributed by atoms with Gasteiger partial charge in [0.05, 0.1) is 22.2 Å². The molecule has 0 amide bonds. The van der Waals surface area contributed by atoms with Crippen molar-refractivity contribution in [3.63, 3.8) is 0 Å². The number of aromatic nitrogens is 2. The van der Waals surface area contributed by atoms with Crippen LogP contribution in [0.5, 0.6) is 0 Å². The third kappa shape index (κ3) is 2.61. The second kappa shape index (κ2) is 5.55. The minimum atomic E-state index is -0.394. The lowest BCUT2D eigenvalue weighted by Crippen LogP contribution is -2.13. The van der Waals surface area contributed by atoms with Crippen molar-refractivity contribution in [1.29, 1.82) is 0 Å². The average molecular weight is 286 g/mol. The molecule has 0 saturated heterocycles. The highest BCUT2D eigenvalue weighted by Crippen LogP contribution is 2.35. The van der Waals surface area contributed by atoms with E-state index in [1.807, 2.05) is 10.9 Å². The van der Waals surface area contributed by atoms with Crippen molar-refractivity contribution < 1.29 is 4.92 Å². The Morgan fingerprint density at radius 3 is 2.67 bits per heavy atom. The molecule has 1 aliphatic carbocycles. The fourth-order valence-electron chi connectivity index (χ4n) is 2.98. The fourth-order valence-corrected chi connectivity index (χ4v) is 2.98. The summed E-state index contributed by atoms with van der Waals surface area (Å²) in [6.45, 7) is 0. The van der Waals surface area contributed by atoms with Gasteiger partial charge in [-0.15, -0.1) is 0 Å². The van der Waals surface area contributed by atoms with Gasteiger partial charge in [-0.2, -0.15) is 5.10 Å². The Labute approximate surface area is 122 Å². The summed E-state index contributed by atoms with van der Waals surface area (Å²) in [4.78, 5) is 10.8. The van der Waals surface area contributed by atoms with Crippen LogP contribution in [0.25, 0.3) is 11.3 Å². The van der Waals surface area contributed by atoms with Crippen LogP contribution in [0.1, 0.15) is 38.1 Å². The normalized spacial score (nSPS) is 16.0. The maximum Gasteiger partial charge on any atom is 0.278 e. The molecule has 21 heavy (non-hydrogen) atoms. The predicted molar refractivity (Wildman–Crippen MR) is 80.9 cm³/mol. The van der Waals surface area contributed by atoms with E-state index in [-0.39, 0.29) is 5.69 Å². The van der Waals surface area contributed by atoms with Crippen molar-refractivity contribution in [2.75, 3.05) is 5.73 Å². The number of nitro groups is 1. The Bertz CT molecular complexity index is 659.